The third kappa shape index (κ3) is 5.34. The number of sulfonamides is 1. The van der Waals surface area contributed by atoms with Crippen molar-refractivity contribution in [3.05, 3.63) is 57.6 Å². The number of nitrogens with one attached hydrogen (secondary N) is 1. The highest BCUT2D eigenvalue weighted by Gasteiger charge is 2.26. The zero-order valence-corrected chi connectivity index (χ0v) is 17.0. The van der Waals surface area contributed by atoms with Crippen molar-refractivity contribution >= 4 is 33.2 Å². The molecule has 0 aromatic heterocycles. The number of ether oxygens (including phenoxy) is 1. The first-order valence-electron chi connectivity index (χ1n) is 7.85. The van der Waals surface area contributed by atoms with Crippen LogP contribution in [0.2, 0.25) is 10.0 Å². The van der Waals surface area contributed by atoms with Crippen molar-refractivity contribution in [1.82, 2.24) is 4.72 Å². The van der Waals surface area contributed by atoms with E-state index in [1.165, 1.54) is 12.1 Å². The van der Waals surface area contributed by atoms with Crippen LogP contribution in [0.5, 0.6) is 5.75 Å². The van der Waals surface area contributed by atoms with Gasteiger partial charge in [0.1, 0.15) is 10.6 Å². The molecule has 0 aliphatic rings. The Labute approximate surface area is 164 Å². The molecule has 0 fully saturated rings. The molecule has 2 rings (SSSR count). The quantitative estimate of drug-likeness (QED) is 0.721. The van der Waals surface area contributed by atoms with E-state index in [-0.39, 0.29) is 22.9 Å². The number of hydrogen-bond donors (Lipinski definition) is 2. The van der Waals surface area contributed by atoms with E-state index >= 15 is 0 Å². The molecular formula is C18H21Cl2NO4S. The Hall–Kier alpha value is -1.31. The second-order valence-electron chi connectivity index (χ2n) is 6.38. The van der Waals surface area contributed by atoms with Crippen LogP contribution in [0.3, 0.4) is 0 Å². The predicted molar refractivity (Wildman–Crippen MR) is 104 cm³/mol. The van der Waals surface area contributed by atoms with Gasteiger partial charge >= 0.3 is 0 Å². The Morgan fingerprint density at radius 2 is 1.77 bits per heavy atom. The SMILES string of the molecule is COc1ccc(CC(C)(O)CNS(=O)(=O)c2cc(C)c(Cl)cc2Cl)cc1. The van der Waals surface area contributed by atoms with Crippen LogP contribution in [0.25, 0.3) is 0 Å². The van der Waals surface area contributed by atoms with E-state index < -0.39 is 15.6 Å². The number of benzene rings is 2. The van der Waals surface area contributed by atoms with Gasteiger partial charge in [0.05, 0.1) is 17.7 Å². The highest BCUT2D eigenvalue weighted by atomic mass is 35.5. The molecule has 0 saturated carbocycles. The van der Waals surface area contributed by atoms with Gasteiger partial charge in [0.25, 0.3) is 0 Å². The Morgan fingerprint density at radius 1 is 1.15 bits per heavy atom. The van der Waals surface area contributed by atoms with Crippen LogP contribution in [0.1, 0.15) is 18.1 Å². The van der Waals surface area contributed by atoms with Crippen molar-refractivity contribution < 1.29 is 18.3 Å². The summed E-state index contributed by atoms with van der Waals surface area (Å²) >= 11 is 12.0. The molecule has 5 nitrogen and oxygen atoms in total. The topological polar surface area (TPSA) is 75.6 Å². The maximum atomic E-state index is 12.5. The third-order valence-electron chi connectivity index (χ3n) is 3.89. The summed E-state index contributed by atoms with van der Waals surface area (Å²) in [5.41, 5.74) is 0.173. The number of hydrogen-bond acceptors (Lipinski definition) is 4. The molecule has 2 N–H and O–H groups in total. The lowest BCUT2D eigenvalue weighted by Gasteiger charge is -2.24. The van der Waals surface area contributed by atoms with Gasteiger partial charge in [-0.2, -0.15) is 0 Å². The molecule has 0 spiro atoms. The summed E-state index contributed by atoms with van der Waals surface area (Å²) in [7, 11) is -2.31. The van der Waals surface area contributed by atoms with Gasteiger partial charge in [0.15, 0.2) is 0 Å². The lowest BCUT2D eigenvalue weighted by molar-refractivity contribution is 0.0657. The van der Waals surface area contributed by atoms with Crippen molar-refractivity contribution in [1.29, 1.82) is 0 Å². The Bertz CT molecular complexity index is 881. The van der Waals surface area contributed by atoms with Gasteiger partial charge in [-0.3, -0.25) is 0 Å². The maximum Gasteiger partial charge on any atom is 0.242 e. The number of halogens is 2. The van der Waals surface area contributed by atoms with Crippen LogP contribution in [-0.2, 0) is 16.4 Å². The van der Waals surface area contributed by atoms with Gasteiger partial charge in [-0.05, 0) is 49.2 Å². The van der Waals surface area contributed by atoms with E-state index in [9.17, 15) is 13.5 Å². The second-order valence-corrected chi connectivity index (χ2v) is 8.93. The van der Waals surface area contributed by atoms with E-state index in [2.05, 4.69) is 4.72 Å². The van der Waals surface area contributed by atoms with Crippen LogP contribution in [0.4, 0.5) is 0 Å². The molecule has 0 amide bonds. The zero-order chi connectivity index (χ0) is 19.5. The fourth-order valence-electron chi connectivity index (χ4n) is 2.41. The van der Waals surface area contributed by atoms with E-state index in [4.69, 9.17) is 27.9 Å². The van der Waals surface area contributed by atoms with Crippen LogP contribution in [0, 0.1) is 6.92 Å². The largest absolute Gasteiger partial charge is 0.497 e. The minimum absolute atomic E-state index is 0.0305. The van der Waals surface area contributed by atoms with Gasteiger partial charge in [-0.25, -0.2) is 13.1 Å². The molecule has 0 radical (unpaired) electrons. The monoisotopic (exact) mass is 417 g/mol. The summed E-state index contributed by atoms with van der Waals surface area (Å²) in [5, 5.41) is 11.0. The highest BCUT2D eigenvalue weighted by molar-refractivity contribution is 7.89. The third-order valence-corrected chi connectivity index (χ3v) is 6.16. The first-order valence-corrected chi connectivity index (χ1v) is 10.1. The predicted octanol–water partition coefficient (Wildman–Crippen LogP) is 3.58. The van der Waals surface area contributed by atoms with Crippen molar-refractivity contribution in [3.63, 3.8) is 0 Å². The smallest absolute Gasteiger partial charge is 0.242 e. The molecule has 0 aliphatic carbocycles. The first kappa shape index (κ1) is 21.0. The van der Waals surface area contributed by atoms with E-state index in [0.29, 0.717) is 16.3 Å². The van der Waals surface area contributed by atoms with Crippen LogP contribution in [0.15, 0.2) is 41.3 Å². The summed E-state index contributed by atoms with van der Waals surface area (Å²) in [4.78, 5) is -0.0682. The number of methoxy groups -OCH3 is 1. The molecular weight excluding hydrogens is 397 g/mol. The lowest BCUT2D eigenvalue weighted by Crippen LogP contribution is -2.42. The molecule has 0 saturated heterocycles. The average Bonchev–Trinajstić information content (AvgIpc) is 2.57. The Balaban J connectivity index is 2.11. The summed E-state index contributed by atoms with van der Waals surface area (Å²) < 4.78 is 32.6. The van der Waals surface area contributed by atoms with Crippen molar-refractivity contribution in [2.24, 2.45) is 0 Å². The standard InChI is InChI=1S/C18H21Cl2NO4S/c1-12-8-17(16(20)9-15(12)19)26(23,24)21-11-18(2,22)10-13-4-6-14(25-3)7-5-13/h4-9,21-22H,10-11H2,1-3H3. The number of aryl methyl sites for hydroxylation is 1. The van der Waals surface area contributed by atoms with Crippen LogP contribution < -0.4 is 9.46 Å². The molecule has 0 aliphatic heterocycles. The Morgan fingerprint density at radius 3 is 2.35 bits per heavy atom. The van der Waals surface area contributed by atoms with Crippen molar-refractivity contribution in [2.75, 3.05) is 13.7 Å². The minimum atomic E-state index is -3.89. The normalized spacial score (nSPS) is 14.1. The van der Waals surface area contributed by atoms with E-state index in [1.807, 2.05) is 12.1 Å². The molecule has 1 unspecified atom stereocenters. The lowest BCUT2D eigenvalue weighted by atomic mass is 9.97. The molecule has 1 atom stereocenters. The molecule has 2 aromatic rings. The molecule has 0 bridgehead atoms. The highest BCUT2D eigenvalue weighted by Crippen LogP contribution is 2.28. The number of aliphatic hydroxyl groups is 1. The van der Waals surface area contributed by atoms with Crippen molar-refractivity contribution in [2.45, 2.75) is 30.8 Å². The fourth-order valence-corrected chi connectivity index (χ4v) is 4.40. The van der Waals surface area contributed by atoms with Gasteiger partial charge in [-0.15, -0.1) is 0 Å². The van der Waals surface area contributed by atoms with Crippen molar-refractivity contribution in [3.8, 4) is 5.75 Å². The molecule has 0 heterocycles. The molecule has 8 heteroatoms. The van der Waals surface area contributed by atoms with Gasteiger partial charge in [0, 0.05) is 18.0 Å². The molecule has 142 valence electrons. The summed E-state index contributed by atoms with van der Waals surface area (Å²) in [6, 6.07) is 10.0. The van der Waals surface area contributed by atoms with E-state index in [0.717, 1.165) is 5.56 Å². The minimum Gasteiger partial charge on any atom is -0.497 e. The Kier molecular flexibility index (Phi) is 6.58. The van der Waals surface area contributed by atoms with Gasteiger partial charge in [0.2, 0.25) is 10.0 Å². The summed E-state index contributed by atoms with van der Waals surface area (Å²) in [6.45, 7) is 3.09. The second kappa shape index (κ2) is 8.15. The van der Waals surface area contributed by atoms with Crippen LogP contribution >= 0.6 is 23.2 Å². The average molecular weight is 418 g/mol. The molecule has 26 heavy (non-hydrogen) atoms. The van der Waals surface area contributed by atoms with Gasteiger partial charge in [-0.1, -0.05) is 35.3 Å². The fraction of sp³-hybridized carbons (Fsp3) is 0.333. The summed E-state index contributed by atoms with van der Waals surface area (Å²) in [5.74, 6) is 0.710. The number of rotatable bonds is 7. The van der Waals surface area contributed by atoms with Gasteiger partial charge < -0.3 is 9.84 Å². The van der Waals surface area contributed by atoms with E-state index in [1.54, 1.807) is 33.1 Å². The zero-order valence-electron chi connectivity index (χ0n) is 14.7. The van der Waals surface area contributed by atoms with Crippen LogP contribution in [-0.4, -0.2) is 32.8 Å². The maximum absolute atomic E-state index is 12.5. The summed E-state index contributed by atoms with van der Waals surface area (Å²) in [6.07, 6.45) is 0.271. The first-order chi connectivity index (χ1) is 12.0. The molecule has 2 aromatic carbocycles.